The molecule has 0 aliphatic heterocycles. The minimum atomic E-state index is -0.101. The molecule has 1 atom stereocenters. The van der Waals surface area contributed by atoms with Crippen LogP contribution in [0.4, 0.5) is 5.69 Å². The van der Waals surface area contributed by atoms with Gasteiger partial charge in [0.05, 0.1) is 19.3 Å². The van der Waals surface area contributed by atoms with Gasteiger partial charge in [-0.25, -0.2) is 0 Å². The normalized spacial score (nSPS) is 11.5. The molecule has 5 nitrogen and oxygen atoms in total. The van der Waals surface area contributed by atoms with Crippen LogP contribution >= 0.6 is 12.4 Å². The zero-order valence-electron chi connectivity index (χ0n) is 17.7. The molecule has 0 bridgehead atoms. The average Bonchev–Trinajstić information content (AvgIpc) is 2.67. The lowest BCUT2D eigenvalue weighted by Gasteiger charge is -2.24. The van der Waals surface area contributed by atoms with Gasteiger partial charge in [-0.2, -0.15) is 0 Å². The van der Waals surface area contributed by atoms with Crippen molar-refractivity contribution in [2.45, 2.75) is 46.6 Å². The molecule has 2 aromatic rings. The van der Waals surface area contributed by atoms with Crippen LogP contribution in [0, 0.1) is 5.92 Å². The van der Waals surface area contributed by atoms with E-state index in [4.69, 9.17) is 15.2 Å². The van der Waals surface area contributed by atoms with Gasteiger partial charge in [0.2, 0.25) is 5.91 Å². The second kappa shape index (κ2) is 12.2. The standard InChI is InChI=1S/C23H32N2O3.ClH/c1-5-27-20-13-11-18(15-21(20)28-6-2)23(16(3)4)25-22(26)14-12-17-9-7-8-10-19(17)24;/h7-11,13,15-16,23H,5-6,12,14,24H2,1-4H3,(H,25,26);1H. The van der Waals surface area contributed by atoms with E-state index in [1.165, 1.54) is 0 Å². The Morgan fingerprint density at radius 3 is 2.31 bits per heavy atom. The summed E-state index contributed by atoms with van der Waals surface area (Å²) in [6.07, 6.45) is 1.02. The van der Waals surface area contributed by atoms with Gasteiger partial charge in [0, 0.05) is 12.1 Å². The van der Waals surface area contributed by atoms with E-state index in [9.17, 15) is 4.79 Å². The van der Waals surface area contributed by atoms with E-state index in [-0.39, 0.29) is 30.3 Å². The topological polar surface area (TPSA) is 73.6 Å². The van der Waals surface area contributed by atoms with Crippen LogP contribution in [0.15, 0.2) is 42.5 Å². The van der Waals surface area contributed by atoms with Gasteiger partial charge in [0.25, 0.3) is 0 Å². The molecule has 1 unspecified atom stereocenters. The maximum atomic E-state index is 12.6. The maximum Gasteiger partial charge on any atom is 0.220 e. The number of ether oxygens (including phenoxy) is 2. The number of nitrogen functional groups attached to an aromatic ring is 1. The molecular weight excluding hydrogens is 388 g/mol. The van der Waals surface area contributed by atoms with Crippen molar-refractivity contribution in [3.05, 3.63) is 53.6 Å². The predicted octanol–water partition coefficient (Wildman–Crippen LogP) is 4.93. The molecule has 29 heavy (non-hydrogen) atoms. The second-order valence-corrected chi connectivity index (χ2v) is 7.06. The molecule has 0 fully saturated rings. The number of rotatable bonds is 10. The molecule has 0 radical (unpaired) electrons. The highest BCUT2D eigenvalue weighted by molar-refractivity contribution is 5.85. The molecular formula is C23H33ClN2O3. The Kier molecular flexibility index (Phi) is 10.4. The Labute approximate surface area is 180 Å². The Morgan fingerprint density at radius 2 is 1.69 bits per heavy atom. The second-order valence-electron chi connectivity index (χ2n) is 7.06. The molecule has 0 spiro atoms. The summed E-state index contributed by atoms with van der Waals surface area (Å²) >= 11 is 0. The van der Waals surface area contributed by atoms with Gasteiger partial charge in [-0.3, -0.25) is 4.79 Å². The van der Waals surface area contributed by atoms with Crippen LogP contribution in [0.25, 0.3) is 0 Å². The van der Waals surface area contributed by atoms with Crippen LogP contribution in [0.2, 0.25) is 0 Å². The van der Waals surface area contributed by atoms with Crippen molar-refractivity contribution in [2.24, 2.45) is 5.92 Å². The van der Waals surface area contributed by atoms with Gasteiger partial charge >= 0.3 is 0 Å². The van der Waals surface area contributed by atoms with Crippen LogP contribution in [0.5, 0.6) is 11.5 Å². The van der Waals surface area contributed by atoms with Crippen molar-refractivity contribution >= 4 is 24.0 Å². The highest BCUT2D eigenvalue weighted by atomic mass is 35.5. The molecule has 0 saturated carbocycles. The number of hydrogen-bond acceptors (Lipinski definition) is 4. The maximum absolute atomic E-state index is 12.6. The molecule has 1 amide bonds. The Balaban J connectivity index is 0.00000420. The highest BCUT2D eigenvalue weighted by Crippen LogP contribution is 2.33. The average molecular weight is 421 g/mol. The van der Waals surface area contributed by atoms with Crippen LogP contribution in [-0.4, -0.2) is 19.1 Å². The number of para-hydroxylation sites is 1. The highest BCUT2D eigenvalue weighted by Gasteiger charge is 2.20. The predicted molar refractivity (Wildman–Crippen MR) is 121 cm³/mol. The van der Waals surface area contributed by atoms with Crippen molar-refractivity contribution < 1.29 is 14.3 Å². The summed E-state index contributed by atoms with van der Waals surface area (Å²) in [4.78, 5) is 12.6. The quantitative estimate of drug-likeness (QED) is 0.534. The first-order valence-electron chi connectivity index (χ1n) is 9.98. The van der Waals surface area contributed by atoms with Crippen LogP contribution in [0.1, 0.15) is 51.3 Å². The third-order valence-electron chi connectivity index (χ3n) is 4.59. The fraction of sp³-hybridized carbons (Fsp3) is 0.435. The number of aryl methyl sites for hydroxylation is 1. The van der Waals surface area contributed by atoms with E-state index in [1.54, 1.807) is 0 Å². The molecule has 2 aromatic carbocycles. The Bertz CT molecular complexity index is 780. The molecule has 160 valence electrons. The van der Waals surface area contributed by atoms with Gasteiger partial charge in [-0.1, -0.05) is 38.1 Å². The number of nitrogens with two attached hydrogens (primary N) is 1. The van der Waals surface area contributed by atoms with E-state index in [0.29, 0.717) is 31.8 Å². The summed E-state index contributed by atoms with van der Waals surface area (Å²) in [6, 6.07) is 13.4. The van der Waals surface area contributed by atoms with Gasteiger partial charge in [0.1, 0.15) is 0 Å². The lowest BCUT2D eigenvalue weighted by atomic mass is 9.95. The van der Waals surface area contributed by atoms with E-state index in [0.717, 1.165) is 22.6 Å². The van der Waals surface area contributed by atoms with Crippen molar-refractivity contribution in [2.75, 3.05) is 18.9 Å². The zero-order valence-corrected chi connectivity index (χ0v) is 18.6. The van der Waals surface area contributed by atoms with Gasteiger partial charge in [-0.05, 0) is 55.5 Å². The number of amides is 1. The number of anilines is 1. The molecule has 0 heterocycles. The number of nitrogens with one attached hydrogen (secondary N) is 1. The van der Waals surface area contributed by atoms with Crippen LogP contribution in [0.3, 0.4) is 0 Å². The Hall–Kier alpha value is -2.40. The van der Waals surface area contributed by atoms with E-state index >= 15 is 0 Å². The molecule has 0 aliphatic rings. The van der Waals surface area contributed by atoms with Gasteiger partial charge in [0.15, 0.2) is 11.5 Å². The van der Waals surface area contributed by atoms with Gasteiger partial charge in [-0.15, -0.1) is 12.4 Å². The minimum Gasteiger partial charge on any atom is -0.490 e. The number of hydrogen-bond donors (Lipinski definition) is 2. The lowest BCUT2D eigenvalue weighted by Crippen LogP contribution is -2.32. The molecule has 6 heteroatoms. The van der Waals surface area contributed by atoms with E-state index < -0.39 is 0 Å². The first-order chi connectivity index (χ1) is 13.5. The summed E-state index contributed by atoms with van der Waals surface area (Å²) < 4.78 is 11.4. The van der Waals surface area contributed by atoms with Gasteiger partial charge < -0.3 is 20.5 Å². The summed E-state index contributed by atoms with van der Waals surface area (Å²) in [5.74, 6) is 1.67. The zero-order chi connectivity index (χ0) is 20.5. The van der Waals surface area contributed by atoms with Crippen molar-refractivity contribution in [1.82, 2.24) is 5.32 Å². The molecule has 0 aromatic heterocycles. The summed E-state index contributed by atoms with van der Waals surface area (Å²) in [6.45, 7) is 9.21. The van der Waals surface area contributed by atoms with E-state index in [2.05, 4.69) is 19.2 Å². The number of benzene rings is 2. The number of carbonyl (C=O) groups excluding carboxylic acids is 1. The number of carbonyl (C=O) groups is 1. The lowest BCUT2D eigenvalue weighted by molar-refractivity contribution is -0.122. The summed E-state index contributed by atoms with van der Waals surface area (Å²) in [5, 5.41) is 3.17. The Morgan fingerprint density at radius 1 is 1.03 bits per heavy atom. The summed E-state index contributed by atoms with van der Waals surface area (Å²) in [5.41, 5.74) is 8.71. The third-order valence-corrected chi connectivity index (χ3v) is 4.59. The number of halogens is 1. The molecule has 0 saturated heterocycles. The molecule has 2 rings (SSSR count). The SMILES string of the molecule is CCOc1ccc(C(NC(=O)CCc2ccccc2N)C(C)C)cc1OCC.Cl. The first-order valence-corrected chi connectivity index (χ1v) is 9.98. The van der Waals surface area contributed by atoms with Crippen molar-refractivity contribution in [3.63, 3.8) is 0 Å². The van der Waals surface area contributed by atoms with Crippen LogP contribution in [-0.2, 0) is 11.2 Å². The first kappa shape index (κ1) is 24.6. The fourth-order valence-corrected chi connectivity index (χ4v) is 3.15. The third kappa shape index (κ3) is 7.17. The summed E-state index contributed by atoms with van der Waals surface area (Å²) in [7, 11) is 0. The molecule has 0 aliphatic carbocycles. The fourth-order valence-electron chi connectivity index (χ4n) is 3.15. The van der Waals surface area contributed by atoms with E-state index in [1.807, 2.05) is 56.3 Å². The van der Waals surface area contributed by atoms with Crippen LogP contribution < -0.4 is 20.5 Å². The largest absolute Gasteiger partial charge is 0.490 e. The monoisotopic (exact) mass is 420 g/mol. The smallest absolute Gasteiger partial charge is 0.220 e. The van der Waals surface area contributed by atoms with Crippen molar-refractivity contribution in [1.29, 1.82) is 0 Å². The molecule has 3 N–H and O–H groups in total. The minimum absolute atomic E-state index is 0. The van der Waals surface area contributed by atoms with Crippen molar-refractivity contribution in [3.8, 4) is 11.5 Å².